The minimum absolute atomic E-state index is 0.191. The van der Waals surface area contributed by atoms with Crippen molar-refractivity contribution in [1.29, 1.82) is 0 Å². The molecule has 0 aromatic heterocycles. The molecule has 7 nitrogen and oxygen atoms in total. The van der Waals surface area contributed by atoms with Crippen LogP contribution in [0.2, 0.25) is 0 Å². The number of nitrogens with zero attached hydrogens (tertiary/aromatic N) is 2. The summed E-state index contributed by atoms with van der Waals surface area (Å²) < 4.78 is 24.9. The quantitative estimate of drug-likeness (QED) is 0.427. The molecule has 1 aliphatic heterocycles. The molecule has 1 aromatic carbocycles. The van der Waals surface area contributed by atoms with Crippen LogP contribution < -0.4 is 11.5 Å². The van der Waals surface area contributed by atoms with Gasteiger partial charge in [0.1, 0.15) is 22.5 Å². The second kappa shape index (κ2) is 10.6. The molecule has 27 heavy (non-hydrogen) atoms. The molecule has 2 unspecified atom stereocenters. The zero-order valence-corrected chi connectivity index (χ0v) is 16.9. The van der Waals surface area contributed by atoms with E-state index in [4.69, 9.17) is 20.4 Å². The SMILES string of the molecule is CCN=C(Br)C(=CN)C(O)C(C=CN)=Nc1ccc(F)cc1C1OCSO1. The molecule has 1 heterocycles. The fraction of sp³-hybridized carbons (Fsp3) is 0.294. The van der Waals surface area contributed by atoms with Crippen LogP contribution in [0.3, 0.4) is 0 Å². The largest absolute Gasteiger partial charge is 0.405 e. The Balaban J connectivity index is 2.47. The highest BCUT2D eigenvalue weighted by atomic mass is 79.9. The third kappa shape index (κ3) is 5.63. The summed E-state index contributed by atoms with van der Waals surface area (Å²) in [7, 11) is 0. The lowest BCUT2D eigenvalue weighted by Gasteiger charge is -2.16. The number of benzene rings is 1. The van der Waals surface area contributed by atoms with Crippen LogP contribution >= 0.6 is 28.0 Å². The van der Waals surface area contributed by atoms with Crippen LogP contribution in [-0.4, -0.2) is 34.0 Å². The normalized spacial score (nSPS) is 20.4. The first kappa shape index (κ1) is 21.6. The molecular weight excluding hydrogens is 439 g/mol. The number of aliphatic hydroxyl groups excluding tert-OH is 1. The van der Waals surface area contributed by atoms with Crippen molar-refractivity contribution in [3.8, 4) is 0 Å². The maximum Gasteiger partial charge on any atom is 0.200 e. The van der Waals surface area contributed by atoms with Crippen LogP contribution in [0.25, 0.3) is 0 Å². The van der Waals surface area contributed by atoms with Crippen LogP contribution in [0.1, 0.15) is 18.8 Å². The smallest absolute Gasteiger partial charge is 0.200 e. The van der Waals surface area contributed by atoms with Gasteiger partial charge in [0.2, 0.25) is 0 Å². The van der Waals surface area contributed by atoms with Crippen molar-refractivity contribution in [2.75, 3.05) is 12.5 Å². The number of hydrogen-bond acceptors (Lipinski definition) is 8. The van der Waals surface area contributed by atoms with Gasteiger partial charge in [0.15, 0.2) is 6.29 Å². The van der Waals surface area contributed by atoms with Crippen LogP contribution in [0, 0.1) is 5.82 Å². The average Bonchev–Trinajstić information content (AvgIpc) is 3.18. The van der Waals surface area contributed by atoms with Crippen molar-refractivity contribution in [3.63, 3.8) is 0 Å². The van der Waals surface area contributed by atoms with Crippen molar-refractivity contribution >= 4 is 44.0 Å². The molecule has 0 aliphatic carbocycles. The van der Waals surface area contributed by atoms with Gasteiger partial charge in [0.25, 0.3) is 0 Å². The summed E-state index contributed by atoms with van der Waals surface area (Å²) >= 11 is 4.41. The summed E-state index contributed by atoms with van der Waals surface area (Å²) in [6.45, 7) is 2.35. The molecule has 1 fully saturated rings. The number of nitrogens with two attached hydrogens (primary N) is 2. The Bertz CT molecular complexity index is 779. The number of aliphatic hydroxyl groups is 1. The van der Waals surface area contributed by atoms with Crippen molar-refractivity contribution in [2.24, 2.45) is 21.5 Å². The Labute approximate surface area is 169 Å². The number of rotatable bonds is 7. The molecule has 0 amide bonds. The van der Waals surface area contributed by atoms with Crippen molar-refractivity contribution in [3.05, 3.63) is 53.6 Å². The highest BCUT2D eigenvalue weighted by Gasteiger charge is 2.25. The minimum atomic E-state index is -1.21. The van der Waals surface area contributed by atoms with E-state index < -0.39 is 18.2 Å². The summed E-state index contributed by atoms with van der Waals surface area (Å²) in [6, 6.07) is 4.01. The molecule has 1 aliphatic rings. The van der Waals surface area contributed by atoms with Crippen LogP contribution in [0.5, 0.6) is 0 Å². The first-order valence-electron chi connectivity index (χ1n) is 7.98. The zero-order valence-electron chi connectivity index (χ0n) is 14.5. The van der Waals surface area contributed by atoms with E-state index in [1.54, 1.807) is 0 Å². The van der Waals surface area contributed by atoms with Gasteiger partial charge >= 0.3 is 0 Å². The second-order valence-electron chi connectivity index (χ2n) is 5.22. The Hall–Kier alpha value is -1.72. The lowest BCUT2D eigenvalue weighted by Crippen LogP contribution is -2.25. The number of hydrogen-bond donors (Lipinski definition) is 3. The van der Waals surface area contributed by atoms with Gasteiger partial charge in [-0.1, -0.05) is 0 Å². The molecule has 0 radical (unpaired) electrons. The molecule has 10 heteroatoms. The van der Waals surface area contributed by atoms with Gasteiger partial charge < -0.3 is 21.3 Å². The third-order valence-corrected chi connectivity index (χ3v) is 4.72. The standard InChI is InChI=1S/C17H20BrFN4O3S/c1-2-22-16(18)12(8-21)15(24)14(5-6-20)23-13-4-3-10(19)7-11(13)17-25-9-27-26-17/h3-8,15,17,24H,2,9,20-21H2,1H3. The Morgan fingerprint density at radius 3 is 2.89 bits per heavy atom. The van der Waals surface area contributed by atoms with Crippen molar-refractivity contribution in [2.45, 2.75) is 19.3 Å². The van der Waals surface area contributed by atoms with Crippen LogP contribution in [0.15, 0.2) is 52.2 Å². The van der Waals surface area contributed by atoms with E-state index in [9.17, 15) is 9.50 Å². The Kier molecular flexibility index (Phi) is 8.45. The summed E-state index contributed by atoms with van der Waals surface area (Å²) in [5.41, 5.74) is 12.4. The molecule has 146 valence electrons. The number of halogens is 2. The van der Waals surface area contributed by atoms with Crippen molar-refractivity contribution in [1.82, 2.24) is 0 Å². The second-order valence-corrected chi connectivity index (χ2v) is 6.63. The molecule has 1 aromatic rings. The average molecular weight is 459 g/mol. The van der Waals surface area contributed by atoms with Crippen LogP contribution in [-0.2, 0) is 8.92 Å². The van der Waals surface area contributed by atoms with E-state index in [0.717, 1.165) is 12.0 Å². The first-order chi connectivity index (χ1) is 13.0. The summed E-state index contributed by atoms with van der Waals surface area (Å²) in [5.74, 6) is -0.131. The van der Waals surface area contributed by atoms with Gasteiger partial charge in [-0.05, 0) is 53.3 Å². The lowest BCUT2D eigenvalue weighted by atomic mass is 10.1. The molecular formula is C17H20BrFN4O3S. The molecule has 2 atom stereocenters. The highest BCUT2D eigenvalue weighted by molar-refractivity contribution is 9.18. The fourth-order valence-electron chi connectivity index (χ4n) is 2.25. The van der Waals surface area contributed by atoms with Crippen LogP contribution in [0.4, 0.5) is 10.1 Å². The number of aliphatic imine (C=N–C) groups is 2. The van der Waals surface area contributed by atoms with Gasteiger partial charge in [-0.3, -0.25) is 9.18 Å². The van der Waals surface area contributed by atoms with Gasteiger partial charge in [-0.2, -0.15) is 0 Å². The van der Waals surface area contributed by atoms with E-state index >= 15 is 0 Å². The fourth-order valence-corrected chi connectivity index (χ4v) is 3.37. The summed E-state index contributed by atoms with van der Waals surface area (Å²) in [6.07, 6.45) is 1.93. The Morgan fingerprint density at radius 2 is 2.30 bits per heavy atom. The predicted octanol–water partition coefficient (Wildman–Crippen LogP) is 3.04. The monoisotopic (exact) mass is 458 g/mol. The van der Waals surface area contributed by atoms with E-state index in [2.05, 4.69) is 25.9 Å². The predicted molar refractivity (Wildman–Crippen MR) is 109 cm³/mol. The zero-order chi connectivity index (χ0) is 19.8. The van der Waals surface area contributed by atoms with Gasteiger partial charge in [-0.25, -0.2) is 9.38 Å². The summed E-state index contributed by atoms with van der Waals surface area (Å²) in [5, 5.41) is 10.7. The van der Waals surface area contributed by atoms with Gasteiger partial charge in [-0.15, -0.1) is 0 Å². The summed E-state index contributed by atoms with van der Waals surface area (Å²) in [4.78, 5) is 8.62. The lowest BCUT2D eigenvalue weighted by molar-refractivity contribution is -0.0181. The molecule has 0 spiro atoms. The molecule has 5 N–H and O–H groups in total. The maximum atomic E-state index is 13.7. The number of ether oxygens (including phenoxy) is 1. The van der Waals surface area contributed by atoms with E-state index in [1.807, 2.05) is 6.92 Å². The highest BCUT2D eigenvalue weighted by Crippen LogP contribution is 2.37. The maximum absolute atomic E-state index is 13.7. The van der Waals surface area contributed by atoms with Gasteiger partial charge in [0.05, 0.1) is 11.4 Å². The first-order valence-corrected chi connectivity index (χ1v) is 9.68. The third-order valence-electron chi connectivity index (χ3n) is 3.47. The van der Waals surface area contributed by atoms with E-state index in [-0.39, 0.29) is 5.71 Å². The molecule has 1 saturated heterocycles. The molecule has 0 saturated carbocycles. The molecule has 2 rings (SSSR count). The van der Waals surface area contributed by atoms with E-state index in [0.29, 0.717) is 33.9 Å². The van der Waals surface area contributed by atoms with Gasteiger partial charge in [0, 0.05) is 35.9 Å². The van der Waals surface area contributed by atoms with E-state index in [1.165, 1.54) is 36.7 Å². The van der Waals surface area contributed by atoms with Crippen molar-refractivity contribution < 1.29 is 18.4 Å². The minimum Gasteiger partial charge on any atom is -0.405 e. The molecule has 0 bridgehead atoms. The topological polar surface area (TPSA) is 115 Å². The Morgan fingerprint density at radius 1 is 1.52 bits per heavy atom.